The van der Waals surface area contributed by atoms with Crippen molar-refractivity contribution in [1.29, 1.82) is 0 Å². The van der Waals surface area contributed by atoms with Crippen LogP contribution in [0, 0.1) is 6.92 Å². The zero-order valence-corrected chi connectivity index (χ0v) is 19.4. The molecule has 0 aliphatic rings. The van der Waals surface area contributed by atoms with Gasteiger partial charge < -0.3 is 5.11 Å². The summed E-state index contributed by atoms with van der Waals surface area (Å²) in [4.78, 5) is 1.07. The quantitative estimate of drug-likeness (QED) is 0.227. The summed E-state index contributed by atoms with van der Waals surface area (Å²) in [6.45, 7) is 8.86. The van der Waals surface area contributed by atoms with Crippen molar-refractivity contribution in [2.75, 3.05) is 0 Å². The molecule has 0 spiro atoms. The molecule has 0 heterocycles. The monoisotopic (exact) mass is 392 g/mol. The standard InChI is InChI=1S/C25H44OS/c1-5-8-10-12-14-16-18-22-20(4)21(7-3)24(26)23(25(22)27)19-17-15-13-11-9-6-2/h26-27H,5-19H2,1-4H3. The lowest BCUT2D eigenvalue weighted by Gasteiger charge is -2.20. The Morgan fingerprint density at radius 1 is 0.630 bits per heavy atom. The first-order valence-electron chi connectivity index (χ1n) is 11.6. The molecule has 0 amide bonds. The van der Waals surface area contributed by atoms with E-state index in [1.54, 1.807) is 0 Å². The number of hydrogen-bond acceptors (Lipinski definition) is 2. The molecule has 0 aliphatic heterocycles. The van der Waals surface area contributed by atoms with Gasteiger partial charge in [-0.25, -0.2) is 0 Å². The number of unbranched alkanes of at least 4 members (excludes halogenated alkanes) is 10. The molecule has 0 aliphatic carbocycles. The molecule has 1 rings (SSSR count). The zero-order valence-electron chi connectivity index (χ0n) is 18.5. The van der Waals surface area contributed by atoms with Crippen LogP contribution >= 0.6 is 12.6 Å². The molecule has 0 atom stereocenters. The van der Waals surface area contributed by atoms with Crippen LogP contribution in [0.4, 0.5) is 0 Å². The van der Waals surface area contributed by atoms with Gasteiger partial charge in [0.05, 0.1) is 0 Å². The lowest BCUT2D eigenvalue weighted by atomic mass is 9.90. The van der Waals surface area contributed by atoms with Gasteiger partial charge in [0.15, 0.2) is 0 Å². The van der Waals surface area contributed by atoms with E-state index in [9.17, 15) is 5.11 Å². The molecule has 1 nitrogen and oxygen atoms in total. The van der Waals surface area contributed by atoms with E-state index in [0.29, 0.717) is 5.75 Å². The summed E-state index contributed by atoms with van der Waals surface area (Å²) >= 11 is 4.89. The van der Waals surface area contributed by atoms with Crippen LogP contribution in [0.3, 0.4) is 0 Å². The highest BCUT2D eigenvalue weighted by atomic mass is 32.1. The van der Waals surface area contributed by atoms with Gasteiger partial charge in [0, 0.05) is 10.5 Å². The van der Waals surface area contributed by atoms with Crippen molar-refractivity contribution in [1.82, 2.24) is 0 Å². The maximum atomic E-state index is 10.8. The zero-order chi connectivity index (χ0) is 20.1. The Bertz CT molecular complexity index is 493. The summed E-state index contributed by atoms with van der Waals surface area (Å²) in [5.74, 6) is 0.528. The topological polar surface area (TPSA) is 20.2 Å². The third kappa shape index (κ3) is 8.10. The number of hydrogen-bond donors (Lipinski definition) is 2. The maximum Gasteiger partial charge on any atom is 0.123 e. The van der Waals surface area contributed by atoms with E-state index in [4.69, 9.17) is 12.6 Å². The fourth-order valence-corrected chi connectivity index (χ4v) is 4.65. The summed E-state index contributed by atoms with van der Waals surface area (Å²) < 4.78 is 0. The molecule has 0 bridgehead atoms. The normalized spacial score (nSPS) is 11.3. The molecule has 0 radical (unpaired) electrons. The second-order valence-electron chi connectivity index (χ2n) is 8.15. The molecule has 2 heteroatoms. The first-order valence-corrected chi connectivity index (χ1v) is 12.1. The largest absolute Gasteiger partial charge is 0.507 e. The molecule has 0 saturated heterocycles. The number of phenols is 1. The minimum Gasteiger partial charge on any atom is -0.507 e. The number of rotatable bonds is 15. The SMILES string of the molecule is CCCCCCCCc1c(C)c(CC)c(O)c(CCCCCCCC)c1S. The lowest BCUT2D eigenvalue weighted by Crippen LogP contribution is -2.03. The van der Waals surface area contributed by atoms with Gasteiger partial charge in [-0.15, -0.1) is 12.6 Å². The fraction of sp³-hybridized carbons (Fsp3) is 0.760. The Labute approximate surface area is 174 Å². The number of aromatic hydroxyl groups is 1. The molecular weight excluding hydrogens is 348 g/mol. The van der Waals surface area contributed by atoms with Gasteiger partial charge in [0.2, 0.25) is 0 Å². The summed E-state index contributed by atoms with van der Waals surface area (Å²) in [7, 11) is 0. The van der Waals surface area contributed by atoms with Gasteiger partial charge in [-0.3, -0.25) is 0 Å². The van der Waals surface area contributed by atoms with Crippen molar-refractivity contribution in [3.63, 3.8) is 0 Å². The van der Waals surface area contributed by atoms with Crippen LogP contribution in [0.25, 0.3) is 0 Å². The Kier molecular flexibility index (Phi) is 13.0. The molecule has 1 aromatic carbocycles. The fourth-order valence-electron chi connectivity index (χ4n) is 4.15. The second kappa shape index (κ2) is 14.4. The van der Waals surface area contributed by atoms with E-state index in [1.165, 1.54) is 81.8 Å². The highest BCUT2D eigenvalue weighted by Crippen LogP contribution is 2.37. The summed E-state index contributed by atoms with van der Waals surface area (Å²) in [6.07, 6.45) is 18.6. The number of phenolic OH excluding ortho intramolecular Hbond substituents is 1. The first-order chi connectivity index (χ1) is 13.1. The molecular formula is C25H44OS. The third-order valence-electron chi connectivity index (χ3n) is 5.96. The van der Waals surface area contributed by atoms with Crippen molar-refractivity contribution in [2.24, 2.45) is 0 Å². The predicted octanol–water partition coefficient (Wildman–Crippen LogP) is 8.36. The van der Waals surface area contributed by atoms with E-state index in [2.05, 4.69) is 27.7 Å². The van der Waals surface area contributed by atoms with E-state index < -0.39 is 0 Å². The minimum atomic E-state index is 0.528. The van der Waals surface area contributed by atoms with Gasteiger partial charge in [-0.1, -0.05) is 85.0 Å². The second-order valence-corrected chi connectivity index (χ2v) is 8.59. The molecule has 0 aromatic heterocycles. The van der Waals surface area contributed by atoms with E-state index in [0.717, 1.165) is 41.7 Å². The Morgan fingerprint density at radius 3 is 1.56 bits per heavy atom. The molecule has 0 saturated carbocycles. The van der Waals surface area contributed by atoms with Gasteiger partial charge in [-0.05, 0) is 55.7 Å². The Hall–Kier alpha value is -0.630. The van der Waals surface area contributed by atoms with Crippen molar-refractivity contribution >= 4 is 12.6 Å². The molecule has 0 unspecified atom stereocenters. The van der Waals surface area contributed by atoms with Gasteiger partial charge >= 0.3 is 0 Å². The van der Waals surface area contributed by atoms with Gasteiger partial charge in [-0.2, -0.15) is 0 Å². The first kappa shape index (κ1) is 24.4. The number of thiol groups is 1. The van der Waals surface area contributed by atoms with Gasteiger partial charge in [0.1, 0.15) is 5.75 Å². The van der Waals surface area contributed by atoms with Crippen LogP contribution in [-0.2, 0) is 19.3 Å². The average Bonchev–Trinajstić information content (AvgIpc) is 2.66. The maximum absolute atomic E-state index is 10.8. The van der Waals surface area contributed by atoms with E-state index in [1.807, 2.05) is 0 Å². The van der Waals surface area contributed by atoms with Crippen LogP contribution in [0.1, 0.15) is 120 Å². The van der Waals surface area contributed by atoms with Crippen LogP contribution in [0.15, 0.2) is 4.90 Å². The van der Waals surface area contributed by atoms with E-state index >= 15 is 0 Å². The van der Waals surface area contributed by atoms with Crippen molar-refractivity contribution < 1.29 is 5.11 Å². The molecule has 1 aromatic rings. The van der Waals surface area contributed by atoms with Crippen LogP contribution in [0.5, 0.6) is 5.75 Å². The third-order valence-corrected chi connectivity index (χ3v) is 6.50. The van der Waals surface area contributed by atoms with Crippen LogP contribution in [-0.4, -0.2) is 5.11 Å². The average molecular weight is 393 g/mol. The Morgan fingerprint density at radius 2 is 1.07 bits per heavy atom. The van der Waals surface area contributed by atoms with Gasteiger partial charge in [0.25, 0.3) is 0 Å². The molecule has 156 valence electrons. The predicted molar refractivity (Wildman–Crippen MR) is 124 cm³/mol. The molecule has 27 heavy (non-hydrogen) atoms. The van der Waals surface area contributed by atoms with E-state index in [-0.39, 0.29) is 0 Å². The van der Waals surface area contributed by atoms with Crippen molar-refractivity contribution in [2.45, 2.75) is 129 Å². The van der Waals surface area contributed by atoms with Crippen molar-refractivity contribution in [3.8, 4) is 5.75 Å². The highest BCUT2D eigenvalue weighted by Gasteiger charge is 2.18. The summed E-state index contributed by atoms with van der Waals surface area (Å²) in [5, 5.41) is 10.8. The van der Waals surface area contributed by atoms with Crippen molar-refractivity contribution in [3.05, 3.63) is 22.3 Å². The smallest absolute Gasteiger partial charge is 0.123 e. The molecule has 1 N–H and O–H groups in total. The minimum absolute atomic E-state index is 0.528. The van der Waals surface area contributed by atoms with Crippen LogP contribution < -0.4 is 0 Å². The summed E-state index contributed by atoms with van der Waals surface area (Å²) in [5.41, 5.74) is 4.93. The summed E-state index contributed by atoms with van der Waals surface area (Å²) in [6, 6.07) is 0. The Balaban J connectivity index is 2.75. The number of benzene rings is 1. The molecule has 0 fully saturated rings. The van der Waals surface area contributed by atoms with Crippen LogP contribution in [0.2, 0.25) is 0 Å². The highest BCUT2D eigenvalue weighted by molar-refractivity contribution is 7.80. The lowest BCUT2D eigenvalue weighted by molar-refractivity contribution is 0.455.